The van der Waals surface area contributed by atoms with Crippen molar-refractivity contribution in [2.75, 3.05) is 26.2 Å². The van der Waals surface area contributed by atoms with Crippen molar-refractivity contribution in [2.45, 2.75) is 38.6 Å². The van der Waals surface area contributed by atoms with Crippen LogP contribution in [0.15, 0.2) is 24.5 Å². The first-order chi connectivity index (χ1) is 13.2. The molecule has 4 rings (SSSR count). The third kappa shape index (κ3) is 3.99. The van der Waals surface area contributed by atoms with Gasteiger partial charge in [-0.25, -0.2) is 0 Å². The lowest BCUT2D eigenvalue weighted by Crippen LogP contribution is -2.45. The molecule has 4 heterocycles. The lowest BCUT2D eigenvalue weighted by Gasteiger charge is -2.29. The van der Waals surface area contributed by atoms with E-state index in [1.165, 1.54) is 0 Å². The van der Waals surface area contributed by atoms with E-state index in [0.29, 0.717) is 45.4 Å². The molecular formula is C19H24N6O2. The van der Waals surface area contributed by atoms with Gasteiger partial charge in [0, 0.05) is 57.8 Å². The smallest absolute Gasteiger partial charge is 0.242 e. The molecule has 0 N–H and O–H groups in total. The summed E-state index contributed by atoms with van der Waals surface area (Å²) < 4.78 is 2.12. The molecule has 0 atom stereocenters. The lowest BCUT2D eigenvalue weighted by molar-refractivity contribution is -0.141. The van der Waals surface area contributed by atoms with E-state index in [2.05, 4.69) is 19.7 Å². The summed E-state index contributed by atoms with van der Waals surface area (Å²) in [6, 6.07) is 3.94. The molecule has 142 valence electrons. The molecule has 2 aliphatic rings. The van der Waals surface area contributed by atoms with Crippen LogP contribution in [0.3, 0.4) is 0 Å². The van der Waals surface area contributed by atoms with E-state index in [1.807, 2.05) is 23.2 Å². The van der Waals surface area contributed by atoms with Gasteiger partial charge in [0.15, 0.2) is 0 Å². The monoisotopic (exact) mass is 368 g/mol. The van der Waals surface area contributed by atoms with E-state index in [4.69, 9.17) is 0 Å². The standard InChI is InChI=1S/C19H24N6O2/c26-18-5-1-2-8-24(18)14-19(27)23-9-6-16-21-22-17(25(16)11-10-23)12-15-4-3-7-20-13-15/h3-4,7,13H,1-2,5-6,8-12,14H2. The van der Waals surface area contributed by atoms with Crippen molar-refractivity contribution in [3.63, 3.8) is 0 Å². The minimum atomic E-state index is 0.0257. The molecule has 0 saturated carbocycles. The fourth-order valence-electron chi connectivity index (χ4n) is 3.74. The molecule has 8 heteroatoms. The second-order valence-electron chi connectivity index (χ2n) is 7.13. The summed E-state index contributed by atoms with van der Waals surface area (Å²) in [4.78, 5) is 32.4. The number of likely N-dealkylation sites (tertiary alicyclic amines) is 1. The van der Waals surface area contributed by atoms with Crippen LogP contribution >= 0.6 is 0 Å². The highest BCUT2D eigenvalue weighted by molar-refractivity contribution is 5.85. The molecule has 0 aliphatic carbocycles. The normalized spacial score (nSPS) is 17.6. The van der Waals surface area contributed by atoms with E-state index in [1.54, 1.807) is 11.1 Å². The number of nitrogens with zero attached hydrogens (tertiary/aromatic N) is 6. The number of hydrogen-bond donors (Lipinski definition) is 0. The van der Waals surface area contributed by atoms with Gasteiger partial charge in [0.2, 0.25) is 11.8 Å². The molecule has 8 nitrogen and oxygen atoms in total. The highest BCUT2D eigenvalue weighted by Crippen LogP contribution is 2.14. The predicted octanol–water partition coefficient (Wildman–Crippen LogP) is 0.661. The highest BCUT2D eigenvalue weighted by Gasteiger charge is 2.26. The SMILES string of the molecule is O=C(CN1CCCCC1=O)N1CCc2nnc(Cc3cccnc3)n2CC1. The zero-order valence-electron chi connectivity index (χ0n) is 15.4. The van der Waals surface area contributed by atoms with Crippen molar-refractivity contribution in [1.29, 1.82) is 0 Å². The largest absolute Gasteiger partial charge is 0.339 e. The van der Waals surface area contributed by atoms with Crippen molar-refractivity contribution < 1.29 is 9.59 Å². The van der Waals surface area contributed by atoms with Crippen LogP contribution in [-0.4, -0.2) is 67.5 Å². The number of rotatable bonds is 4. The van der Waals surface area contributed by atoms with E-state index in [-0.39, 0.29) is 18.4 Å². The van der Waals surface area contributed by atoms with Crippen LogP contribution in [0.25, 0.3) is 0 Å². The van der Waals surface area contributed by atoms with Gasteiger partial charge in [0.25, 0.3) is 0 Å². The number of amides is 2. The van der Waals surface area contributed by atoms with Gasteiger partial charge in [-0.1, -0.05) is 6.07 Å². The predicted molar refractivity (Wildman–Crippen MR) is 97.8 cm³/mol. The van der Waals surface area contributed by atoms with Crippen LogP contribution in [0, 0.1) is 0 Å². The highest BCUT2D eigenvalue weighted by atomic mass is 16.2. The van der Waals surface area contributed by atoms with Crippen LogP contribution in [0.4, 0.5) is 0 Å². The average Bonchev–Trinajstić information content (AvgIpc) is 2.93. The Bertz CT molecular complexity index is 819. The number of pyridine rings is 1. The Labute approximate surface area is 158 Å². The Kier molecular flexibility index (Phi) is 5.13. The Morgan fingerprint density at radius 1 is 1.07 bits per heavy atom. The molecule has 27 heavy (non-hydrogen) atoms. The first-order valence-electron chi connectivity index (χ1n) is 9.56. The summed E-state index contributed by atoms with van der Waals surface area (Å²) >= 11 is 0. The van der Waals surface area contributed by atoms with Gasteiger partial charge < -0.3 is 14.4 Å². The van der Waals surface area contributed by atoms with Gasteiger partial charge in [0.1, 0.15) is 11.6 Å². The molecule has 0 aromatic carbocycles. The summed E-state index contributed by atoms with van der Waals surface area (Å²) in [5, 5.41) is 8.66. The first-order valence-corrected chi connectivity index (χ1v) is 9.56. The molecule has 2 aromatic rings. The van der Waals surface area contributed by atoms with Crippen LogP contribution in [0.5, 0.6) is 0 Å². The van der Waals surface area contributed by atoms with Gasteiger partial charge in [-0.15, -0.1) is 10.2 Å². The van der Waals surface area contributed by atoms with Crippen LogP contribution in [-0.2, 0) is 29.0 Å². The van der Waals surface area contributed by atoms with Crippen LogP contribution in [0.2, 0.25) is 0 Å². The summed E-state index contributed by atoms with van der Waals surface area (Å²) in [7, 11) is 0. The first kappa shape index (κ1) is 17.6. The van der Waals surface area contributed by atoms with Gasteiger partial charge in [-0.3, -0.25) is 14.6 Å². The van der Waals surface area contributed by atoms with Gasteiger partial charge >= 0.3 is 0 Å². The van der Waals surface area contributed by atoms with Crippen LogP contribution in [0.1, 0.15) is 36.5 Å². The Morgan fingerprint density at radius 3 is 2.81 bits per heavy atom. The van der Waals surface area contributed by atoms with Gasteiger partial charge in [-0.05, 0) is 24.5 Å². The maximum Gasteiger partial charge on any atom is 0.242 e. The number of hydrogen-bond acceptors (Lipinski definition) is 5. The molecule has 1 fully saturated rings. The third-order valence-corrected chi connectivity index (χ3v) is 5.29. The molecule has 2 aliphatic heterocycles. The number of aromatic nitrogens is 4. The zero-order chi connectivity index (χ0) is 18.6. The fraction of sp³-hybridized carbons (Fsp3) is 0.526. The zero-order valence-corrected chi connectivity index (χ0v) is 15.4. The minimum Gasteiger partial charge on any atom is -0.339 e. The number of carbonyl (C=O) groups excluding carboxylic acids is 2. The van der Waals surface area contributed by atoms with E-state index >= 15 is 0 Å². The molecule has 0 radical (unpaired) electrons. The minimum absolute atomic E-state index is 0.0257. The van der Waals surface area contributed by atoms with Crippen molar-refractivity contribution in [3.05, 3.63) is 41.7 Å². The summed E-state index contributed by atoms with van der Waals surface area (Å²) in [5.41, 5.74) is 1.09. The second kappa shape index (κ2) is 7.85. The Morgan fingerprint density at radius 2 is 2.00 bits per heavy atom. The number of carbonyl (C=O) groups is 2. The summed E-state index contributed by atoms with van der Waals surface area (Å²) in [6.07, 6.45) is 7.43. The average molecular weight is 368 g/mol. The van der Waals surface area contributed by atoms with Gasteiger partial charge in [-0.2, -0.15) is 0 Å². The van der Waals surface area contributed by atoms with Crippen molar-refractivity contribution in [3.8, 4) is 0 Å². The molecular weight excluding hydrogens is 344 g/mol. The fourth-order valence-corrected chi connectivity index (χ4v) is 3.74. The van der Waals surface area contributed by atoms with E-state index in [9.17, 15) is 9.59 Å². The van der Waals surface area contributed by atoms with Crippen molar-refractivity contribution in [2.24, 2.45) is 0 Å². The van der Waals surface area contributed by atoms with Crippen molar-refractivity contribution >= 4 is 11.8 Å². The maximum atomic E-state index is 12.7. The molecule has 0 bridgehead atoms. The lowest BCUT2D eigenvalue weighted by atomic mass is 10.1. The number of fused-ring (bicyclic) bond motifs is 1. The summed E-state index contributed by atoms with van der Waals surface area (Å²) in [5.74, 6) is 1.94. The molecule has 0 unspecified atom stereocenters. The molecule has 2 amide bonds. The summed E-state index contributed by atoms with van der Waals surface area (Å²) in [6.45, 7) is 2.80. The molecule has 1 saturated heterocycles. The second-order valence-corrected chi connectivity index (χ2v) is 7.13. The molecule has 0 spiro atoms. The Balaban J connectivity index is 1.39. The van der Waals surface area contributed by atoms with E-state index in [0.717, 1.165) is 30.1 Å². The van der Waals surface area contributed by atoms with Crippen molar-refractivity contribution in [1.82, 2.24) is 29.5 Å². The number of piperidine rings is 1. The van der Waals surface area contributed by atoms with Gasteiger partial charge in [0.05, 0.1) is 6.54 Å². The molecule has 2 aromatic heterocycles. The third-order valence-electron chi connectivity index (χ3n) is 5.29. The van der Waals surface area contributed by atoms with E-state index < -0.39 is 0 Å². The topological polar surface area (TPSA) is 84.2 Å². The Hall–Kier alpha value is -2.77. The van der Waals surface area contributed by atoms with Crippen LogP contribution < -0.4 is 0 Å². The maximum absolute atomic E-state index is 12.7. The quantitative estimate of drug-likeness (QED) is 0.792.